The van der Waals surface area contributed by atoms with Gasteiger partial charge in [0.05, 0.1) is 22.6 Å². The van der Waals surface area contributed by atoms with Gasteiger partial charge in [-0.05, 0) is 48.6 Å². The van der Waals surface area contributed by atoms with E-state index in [4.69, 9.17) is 22.7 Å². The Morgan fingerprint density at radius 2 is 1.74 bits per heavy atom. The van der Waals surface area contributed by atoms with Crippen molar-refractivity contribution in [3.05, 3.63) is 103 Å². The minimum Gasteiger partial charge on any atom is -0.478 e. The van der Waals surface area contributed by atoms with Crippen molar-refractivity contribution in [1.29, 1.82) is 5.41 Å². The van der Waals surface area contributed by atoms with E-state index in [-0.39, 0.29) is 17.5 Å². The molecule has 0 atom stereocenters. The van der Waals surface area contributed by atoms with Crippen molar-refractivity contribution in [1.82, 2.24) is 15.1 Å². The lowest BCUT2D eigenvalue weighted by molar-refractivity contribution is -0.137. The Bertz CT molecular complexity index is 1330. The molecule has 1 aromatic rings. The summed E-state index contributed by atoms with van der Waals surface area (Å²) in [5, 5.41) is 17.7. The molecule has 1 fully saturated rings. The molecular weight excluding hydrogens is 569 g/mol. The van der Waals surface area contributed by atoms with Crippen LogP contribution in [-0.2, 0) is 20.6 Å². The molecule has 0 bridgehead atoms. The van der Waals surface area contributed by atoms with Crippen molar-refractivity contribution < 1.29 is 32.7 Å². The van der Waals surface area contributed by atoms with Crippen LogP contribution in [0.3, 0.4) is 0 Å². The van der Waals surface area contributed by atoms with Crippen molar-refractivity contribution in [2.45, 2.75) is 25.4 Å². The normalized spacial score (nSPS) is 15.0. The number of allylic oxidation sites excluding steroid dienone is 4. The molecule has 222 valence electrons. The summed E-state index contributed by atoms with van der Waals surface area (Å²) in [6.07, 6.45) is 7.28. The molecule has 0 radical (unpaired) electrons. The highest BCUT2D eigenvalue weighted by Crippen LogP contribution is 2.33. The van der Waals surface area contributed by atoms with E-state index in [0.29, 0.717) is 54.1 Å². The first kappa shape index (κ1) is 33.6. The first-order valence-corrected chi connectivity index (χ1v) is 13.1. The fraction of sp³-hybridized carbons (Fsp3) is 0.233. The van der Waals surface area contributed by atoms with Crippen LogP contribution in [0.2, 0.25) is 0 Å². The minimum absolute atomic E-state index is 0.0219. The molecule has 1 aromatic carbocycles. The Hall–Kier alpha value is -4.58. The maximum atomic E-state index is 13.5. The van der Waals surface area contributed by atoms with Crippen molar-refractivity contribution in [3.63, 3.8) is 0 Å². The third-order valence-corrected chi connectivity index (χ3v) is 6.77. The molecule has 2 aliphatic rings. The minimum atomic E-state index is -4.43. The van der Waals surface area contributed by atoms with Gasteiger partial charge < -0.3 is 15.3 Å². The van der Waals surface area contributed by atoms with E-state index in [2.05, 4.69) is 25.1 Å². The Kier molecular flexibility index (Phi) is 12.4. The standard InChI is InChI=1S/C27H27F3N4O2S.C3H4O2/c1-3-33(17-31)25(35)18(2)32-24(37)20-13-15-34(16-14-20)26(36)23-8-6-4-5-7-22(23)19-9-11-21(12-10-19)27(28,29)30;1-2-3(4)5/h3-4,6-12,17,20,31H,1-2,5,13-16H2,(H,32,37);2H,1H2,(H,4,5). The predicted octanol–water partition coefficient (Wildman–Crippen LogP) is 5.48. The summed E-state index contributed by atoms with van der Waals surface area (Å²) in [5.41, 5.74) is 0.831. The van der Waals surface area contributed by atoms with Gasteiger partial charge in [-0.2, -0.15) is 13.2 Å². The number of rotatable bonds is 8. The number of benzene rings is 1. The van der Waals surface area contributed by atoms with Gasteiger partial charge in [-0.25, -0.2) is 4.79 Å². The van der Waals surface area contributed by atoms with Gasteiger partial charge in [0.15, 0.2) is 0 Å². The molecule has 3 rings (SSSR count). The fourth-order valence-electron chi connectivity index (χ4n) is 4.10. The van der Waals surface area contributed by atoms with Crippen LogP contribution in [0.1, 0.15) is 30.4 Å². The molecule has 0 spiro atoms. The lowest BCUT2D eigenvalue weighted by Crippen LogP contribution is -2.44. The van der Waals surface area contributed by atoms with Gasteiger partial charge in [0, 0.05) is 36.9 Å². The number of carbonyl (C=O) groups excluding carboxylic acids is 2. The highest BCUT2D eigenvalue weighted by molar-refractivity contribution is 7.80. The lowest BCUT2D eigenvalue weighted by Gasteiger charge is -2.33. The number of nitrogens with zero attached hydrogens (tertiary/aromatic N) is 2. The van der Waals surface area contributed by atoms with Crippen molar-refractivity contribution in [2.75, 3.05) is 13.1 Å². The molecule has 3 N–H and O–H groups in total. The smallest absolute Gasteiger partial charge is 0.416 e. The van der Waals surface area contributed by atoms with Crippen LogP contribution in [0.25, 0.3) is 5.57 Å². The molecule has 1 aliphatic heterocycles. The van der Waals surface area contributed by atoms with Crippen LogP contribution >= 0.6 is 12.2 Å². The Balaban J connectivity index is 0.00000113. The summed E-state index contributed by atoms with van der Waals surface area (Å²) in [7, 11) is 0. The van der Waals surface area contributed by atoms with Gasteiger partial charge in [0.1, 0.15) is 0 Å². The van der Waals surface area contributed by atoms with E-state index in [1.807, 2.05) is 12.2 Å². The number of amides is 2. The zero-order valence-electron chi connectivity index (χ0n) is 22.7. The number of aliphatic carboxylic acids is 1. The van der Waals surface area contributed by atoms with Gasteiger partial charge in [0.25, 0.3) is 11.8 Å². The topological polar surface area (TPSA) is 114 Å². The number of thiocarbonyl (C=S) groups is 1. The van der Waals surface area contributed by atoms with Crippen molar-refractivity contribution in [2.24, 2.45) is 5.92 Å². The van der Waals surface area contributed by atoms with E-state index in [9.17, 15) is 27.6 Å². The molecule has 42 heavy (non-hydrogen) atoms. The maximum absolute atomic E-state index is 13.5. The number of halogens is 3. The average molecular weight is 601 g/mol. The van der Waals surface area contributed by atoms with Gasteiger partial charge in [-0.3, -0.25) is 19.9 Å². The van der Waals surface area contributed by atoms with E-state index in [1.165, 1.54) is 18.3 Å². The van der Waals surface area contributed by atoms with Crippen LogP contribution in [-0.4, -0.2) is 57.1 Å². The molecule has 2 amide bonds. The summed E-state index contributed by atoms with van der Waals surface area (Å²) < 4.78 is 39.0. The molecular formula is C30H31F3N4O4S. The van der Waals surface area contributed by atoms with Gasteiger partial charge in [0.2, 0.25) is 0 Å². The van der Waals surface area contributed by atoms with E-state index < -0.39 is 23.6 Å². The molecule has 0 unspecified atom stereocenters. The summed E-state index contributed by atoms with van der Waals surface area (Å²) in [6, 6.07) is 4.81. The second-order valence-electron chi connectivity index (χ2n) is 9.04. The number of hydrogen-bond acceptors (Lipinski definition) is 5. The Morgan fingerprint density at radius 1 is 1.14 bits per heavy atom. The number of carboxylic acid groups (broad SMARTS) is 1. The number of alkyl halides is 3. The first-order valence-electron chi connectivity index (χ1n) is 12.7. The van der Waals surface area contributed by atoms with E-state index >= 15 is 0 Å². The van der Waals surface area contributed by atoms with Gasteiger partial charge in [-0.15, -0.1) is 0 Å². The molecule has 12 heteroatoms. The zero-order valence-corrected chi connectivity index (χ0v) is 23.5. The summed E-state index contributed by atoms with van der Waals surface area (Å²) >= 11 is 5.46. The lowest BCUT2D eigenvalue weighted by atomic mass is 9.92. The fourth-order valence-corrected chi connectivity index (χ4v) is 4.46. The van der Waals surface area contributed by atoms with Crippen LogP contribution in [0.4, 0.5) is 13.2 Å². The number of piperidine rings is 1. The molecule has 1 saturated heterocycles. The number of carboxylic acids is 1. The van der Waals surface area contributed by atoms with Crippen LogP contribution < -0.4 is 5.32 Å². The Morgan fingerprint density at radius 3 is 2.24 bits per heavy atom. The highest BCUT2D eigenvalue weighted by atomic mass is 32.1. The van der Waals surface area contributed by atoms with Crippen molar-refractivity contribution in [3.8, 4) is 0 Å². The second kappa shape index (κ2) is 15.4. The zero-order chi connectivity index (χ0) is 31.4. The molecule has 1 aliphatic carbocycles. The average Bonchev–Trinajstić information content (AvgIpc) is 3.23. The largest absolute Gasteiger partial charge is 0.478 e. The predicted molar refractivity (Wildman–Crippen MR) is 159 cm³/mol. The summed E-state index contributed by atoms with van der Waals surface area (Å²) in [5.74, 6) is -1.81. The van der Waals surface area contributed by atoms with E-state index in [1.54, 1.807) is 17.1 Å². The quantitative estimate of drug-likeness (QED) is 0.158. The molecule has 0 aromatic heterocycles. The molecule has 1 heterocycles. The van der Waals surface area contributed by atoms with Gasteiger partial charge >= 0.3 is 12.1 Å². The summed E-state index contributed by atoms with van der Waals surface area (Å²) in [6.45, 7) is 11.0. The number of nitrogens with one attached hydrogen (secondary N) is 2. The van der Waals surface area contributed by atoms with Gasteiger partial charge in [-0.1, -0.05) is 62.3 Å². The number of hydrogen-bond donors (Lipinski definition) is 3. The SMILES string of the molecule is C=CC(=O)O.C=CN(C=N)C(=O)C(=C)NC(=S)C1CCN(C(=O)C2=CC=CCC=C2c2ccc(C(F)(F)F)cc2)CC1. The van der Waals surface area contributed by atoms with Crippen LogP contribution in [0, 0.1) is 11.3 Å². The highest BCUT2D eigenvalue weighted by Gasteiger charge is 2.31. The van der Waals surface area contributed by atoms with Crippen LogP contribution in [0.15, 0.2) is 91.9 Å². The maximum Gasteiger partial charge on any atom is 0.416 e. The molecule has 0 saturated carbocycles. The third-order valence-electron chi connectivity index (χ3n) is 6.33. The Labute approximate surface area is 247 Å². The molecule has 8 nitrogen and oxygen atoms in total. The first-order chi connectivity index (χ1) is 19.8. The number of likely N-dealkylation sites (tertiary alicyclic amines) is 1. The van der Waals surface area contributed by atoms with E-state index in [0.717, 1.165) is 29.4 Å². The third kappa shape index (κ3) is 9.23. The number of carbonyl (C=O) groups is 3. The van der Waals surface area contributed by atoms with Crippen molar-refractivity contribution >= 4 is 46.9 Å². The second-order valence-corrected chi connectivity index (χ2v) is 9.48. The monoisotopic (exact) mass is 600 g/mol. The van der Waals surface area contributed by atoms with Crippen LogP contribution in [0.5, 0.6) is 0 Å². The summed E-state index contributed by atoms with van der Waals surface area (Å²) in [4.78, 5) is 38.1.